The maximum Gasteiger partial charge on any atom is 0.322 e. The number of hydrogen-bond donors (Lipinski definition) is 2. The predicted molar refractivity (Wildman–Crippen MR) is 97.0 cm³/mol. The molecule has 26 heavy (non-hydrogen) atoms. The number of nitrogens with zero attached hydrogens (tertiary/aromatic N) is 3. The van der Waals surface area contributed by atoms with Crippen molar-refractivity contribution < 1.29 is 14.6 Å². The van der Waals surface area contributed by atoms with Crippen molar-refractivity contribution in [3.63, 3.8) is 0 Å². The number of urea groups is 1. The first-order valence-electron chi connectivity index (χ1n) is 8.94. The number of ether oxygens (including phenoxy) is 1. The summed E-state index contributed by atoms with van der Waals surface area (Å²) in [6, 6.07) is 7.24. The zero-order chi connectivity index (χ0) is 18.3. The number of methoxy groups -OCH3 is 1. The van der Waals surface area contributed by atoms with Crippen molar-refractivity contribution in [1.29, 1.82) is 0 Å². The van der Waals surface area contributed by atoms with E-state index in [0.717, 1.165) is 12.8 Å². The molecule has 0 saturated carbocycles. The molecule has 3 heterocycles. The minimum Gasteiger partial charge on any atom is -0.497 e. The van der Waals surface area contributed by atoms with Crippen molar-refractivity contribution in [2.45, 2.75) is 43.4 Å². The molecular formula is C19H24N4O3. The third kappa shape index (κ3) is 2.82. The Balaban J connectivity index is 1.51. The smallest absolute Gasteiger partial charge is 0.322 e. The molecule has 2 bridgehead atoms. The molecule has 0 radical (unpaired) electrons. The van der Waals surface area contributed by atoms with Gasteiger partial charge in [0.15, 0.2) is 0 Å². The summed E-state index contributed by atoms with van der Waals surface area (Å²) < 4.78 is 7.08. The summed E-state index contributed by atoms with van der Waals surface area (Å²) in [5.41, 5.74) is -0.268. The maximum absolute atomic E-state index is 12.9. The number of anilines is 1. The summed E-state index contributed by atoms with van der Waals surface area (Å²) in [5, 5.41) is 14.2. The van der Waals surface area contributed by atoms with Gasteiger partial charge in [-0.3, -0.25) is 0 Å². The molecule has 2 amide bonds. The number of piperidine rings is 1. The predicted octanol–water partition coefficient (Wildman–Crippen LogP) is 2.48. The number of aromatic nitrogens is 2. The lowest BCUT2D eigenvalue weighted by Gasteiger charge is -2.43. The second-order valence-corrected chi connectivity index (χ2v) is 7.26. The standard InChI is InChI=1S/C19H24N4O3/c1-22-9-8-20-17(22)19(25)11-14-6-7-15(12-19)23(14)18(24)21-13-4-3-5-16(10-13)26-2/h3-5,8-10,14-15,25H,6-7,11-12H2,1-2H3,(H,21,24)/t14-,15-/m1/s1. The SMILES string of the molecule is COc1cccc(NC(=O)N2[C@@H]3CC[C@@H]2CC(O)(c2nccn2C)C3)c1. The van der Waals surface area contributed by atoms with Crippen LogP contribution < -0.4 is 10.1 Å². The topological polar surface area (TPSA) is 79.6 Å². The van der Waals surface area contributed by atoms with E-state index in [1.54, 1.807) is 19.4 Å². The largest absolute Gasteiger partial charge is 0.497 e. The summed E-state index contributed by atoms with van der Waals surface area (Å²) >= 11 is 0. The number of carbonyl (C=O) groups excluding carboxylic acids is 1. The Morgan fingerprint density at radius 2 is 2.08 bits per heavy atom. The molecule has 0 aliphatic carbocycles. The van der Waals surface area contributed by atoms with Crippen molar-refractivity contribution in [3.05, 3.63) is 42.5 Å². The number of aliphatic hydroxyl groups is 1. The van der Waals surface area contributed by atoms with E-state index in [1.807, 2.05) is 40.9 Å². The van der Waals surface area contributed by atoms with E-state index >= 15 is 0 Å². The van der Waals surface area contributed by atoms with Gasteiger partial charge in [-0.15, -0.1) is 0 Å². The highest BCUT2D eigenvalue weighted by molar-refractivity contribution is 5.90. The molecule has 2 aliphatic heterocycles. The van der Waals surface area contributed by atoms with E-state index in [1.165, 1.54) is 0 Å². The van der Waals surface area contributed by atoms with Gasteiger partial charge in [0.2, 0.25) is 0 Å². The number of fused-ring (bicyclic) bond motifs is 2. The fourth-order valence-electron chi connectivity index (χ4n) is 4.44. The van der Waals surface area contributed by atoms with E-state index in [4.69, 9.17) is 4.74 Å². The van der Waals surface area contributed by atoms with Gasteiger partial charge in [0.05, 0.1) is 7.11 Å². The second-order valence-electron chi connectivity index (χ2n) is 7.26. The molecule has 2 saturated heterocycles. The first-order valence-corrected chi connectivity index (χ1v) is 8.94. The molecule has 2 atom stereocenters. The molecule has 2 aliphatic rings. The molecule has 7 nitrogen and oxygen atoms in total. The molecule has 1 aromatic heterocycles. The Kier molecular flexibility index (Phi) is 4.11. The molecular weight excluding hydrogens is 332 g/mol. The van der Waals surface area contributed by atoms with Gasteiger partial charge < -0.3 is 24.6 Å². The van der Waals surface area contributed by atoms with Gasteiger partial charge in [-0.1, -0.05) is 6.07 Å². The molecule has 2 fully saturated rings. The molecule has 0 unspecified atom stereocenters. The van der Waals surface area contributed by atoms with Crippen molar-refractivity contribution in [2.75, 3.05) is 12.4 Å². The number of amides is 2. The average molecular weight is 356 g/mol. The van der Waals surface area contributed by atoms with Gasteiger partial charge in [-0.25, -0.2) is 9.78 Å². The van der Waals surface area contributed by atoms with Crippen LogP contribution in [0.15, 0.2) is 36.7 Å². The van der Waals surface area contributed by atoms with Crippen LogP contribution in [0.5, 0.6) is 5.75 Å². The normalized spacial score (nSPS) is 27.4. The molecule has 2 N–H and O–H groups in total. The van der Waals surface area contributed by atoms with Gasteiger partial charge in [-0.2, -0.15) is 0 Å². The van der Waals surface area contributed by atoms with Crippen LogP contribution in [-0.4, -0.2) is 44.8 Å². The van der Waals surface area contributed by atoms with Crippen LogP contribution in [0.2, 0.25) is 0 Å². The average Bonchev–Trinajstić information content (AvgIpc) is 3.17. The fraction of sp³-hybridized carbons (Fsp3) is 0.474. The van der Waals surface area contributed by atoms with E-state index in [9.17, 15) is 9.90 Å². The number of carbonyl (C=O) groups is 1. The zero-order valence-corrected chi connectivity index (χ0v) is 15.1. The quantitative estimate of drug-likeness (QED) is 0.885. The van der Waals surface area contributed by atoms with Crippen LogP contribution in [0.25, 0.3) is 0 Å². The first kappa shape index (κ1) is 16.9. The number of benzene rings is 1. The minimum absolute atomic E-state index is 0.0149. The fourth-order valence-corrected chi connectivity index (χ4v) is 4.44. The Morgan fingerprint density at radius 3 is 2.69 bits per heavy atom. The van der Waals surface area contributed by atoms with Crippen molar-refractivity contribution in [2.24, 2.45) is 7.05 Å². The third-order valence-electron chi connectivity index (χ3n) is 5.56. The second kappa shape index (κ2) is 6.32. The van der Waals surface area contributed by atoms with Gasteiger partial charge in [-0.05, 0) is 25.0 Å². The molecule has 4 rings (SSSR count). The van der Waals surface area contributed by atoms with Gasteiger partial charge >= 0.3 is 6.03 Å². The Bertz CT molecular complexity index is 805. The summed E-state index contributed by atoms with van der Waals surface area (Å²) in [4.78, 5) is 19.1. The van der Waals surface area contributed by atoms with Crippen LogP contribution in [0.3, 0.4) is 0 Å². The number of aryl methyl sites for hydroxylation is 1. The van der Waals surface area contributed by atoms with Gasteiger partial charge in [0.25, 0.3) is 0 Å². The van der Waals surface area contributed by atoms with Gasteiger partial charge in [0.1, 0.15) is 17.2 Å². The lowest BCUT2D eigenvalue weighted by atomic mass is 9.85. The van der Waals surface area contributed by atoms with E-state index in [2.05, 4.69) is 10.3 Å². The number of imidazole rings is 1. The summed E-state index contributed by atoms with van der Waals surface area (Å²) in [6.07, 6.45) is 6.39. The van der Waals surface area contributed by atoms with Crippen LogP contribution in [0, 0.1) is 0 Å². The van der Waals surface area contributed by atoms with Gasteiger partial charge in [0, 0.05) is 56.1 Å². The molecule has 0 spiro atoms. The molecule has 7 heteroatoms. The minimum atomic E-state index is -0.975. The molecule has 2 aromatic rings. The number of nitrogens with one attached hydrogen (secondary N) is 1. The molecule has 138 valence electrons. The third-order valence-corrected chi connectivity index (χ3v) is 5.56. The number of rotatable bonds is 3. The Morgan fingerprint density at radius 1 is 1.35 bits per heavy atom. The van der Waals surface area contributed by atoms with Crippen LogP contribution in [-0.2, 0) is 12.6 Å². The Labute approximate surface area is 152 Å². The lowest BCUT2D eigenvalue weighted by Crippen LogP contribution is -2.53. The van der Waals surface area contributed by atoms with Crippen LogP contribution in [0.1, 0.15) is 31.5 Å². The van der Waals surface area contributed by atoms with E-state index < -0.39 is 5.60 Å². The maximum atomic E-state index is 12.9. The van der Waals surface area contributed by atoms with Crippen molar-refractivity contribution >= 4 is 11.7 Å². The lowest BCUT2D eigenvalue weighted by molar-refractivity contribution is -0.0505. The summed E-state index contributed by atoms with van der Waals surface area (Å²) in [6.45, 7) is 0. The highest BCUT2D eigenvalue weighted by Crippen LogP contribution is 2.45. The van der Waals surface area contributed by atoms with Crippen molar-refractivity contribution in [3.8, 4) is 5.75 Å². The first-order chi connectivity index (χ1) is 12.5. The highest BCUT2D eigenvalue weighted by atomic mass is 16.5. The highest BCUT2D eigenvalue weighted by Gasteiger charge is 2.51. The van der Waals surface area contributed by atoms with Crippen LogP contribution >= 0.6 is 0 Å². The van der Waals surface area contributed by atoms with Crippen LogP contribution in [0.4, 0.5) is 10.5 Å². The van der Waals surface area contributed by atoms with E-state index in [0.29, 0.717) is 30.1 Å². The molecule has 1 aromatic carbocycles. The van der Waals surface area contributed by atoms with Crippen molar-refractivity contribution in [1.82, 2.24) is 14.5 Å². The zero-order valence-electron chi connectivity index (χ0n) is 15.1. The van der Waals surface area contributed by atoms with E-state index in [-0.39, 0.29) is 18.1 Å². The Hall–Kier alpha value is -2.54. The monoisotopic (exact) mass is 356 g/mol. The summed E-state index contributed by atoms with van der Waals surface area (Å²) in [5.74, 6) is 1.39. The summed E-state index contributed by atoms with van der Waals surface area (Å²) in [7, 11) is 3.49. The number of hydrogen-bond acceptors (Lipinski definition) is 4.